The predicted molar refractivity (Wildman–Crippen MR) is 76.5 cm³/mol. The molecule has 0 bridgehead atoms. The quantitative estimate of drug-likeness (QED) is 0.616. The molecule has 7 nitrogen and oxygen atoms in total. The summed E-state index contributed by atoms with van der Waals surface area (Å²) >= 11 is 5.54. The summed E-state index contributed by atoms with van der Waals surface area (Å²) < 4.78 is 27.9. The van der Waals surface area contributed by atoms with Gasteiger partial charge in [0.2, 0.25) is 10.0 Å². The van der Waals surface area contributed by atoms with Crippen LogP contribution in [0.15, 0.2) is 31.0 Å². The molecule has 2 heterocycles. The van der Waals surface area contributed by atoms with Crippen LogP contribution in [-0.2, 0) is 10.0 Å². The monoisotopic (exact) mass is 315 g/mol. The topological polar surface area (TPSA) is 89.8 Å². The maximum atomic E-state index is 12.0. The SMILES string of the molecule is O=S(=O)(CCCCCl)Nc1cccnc1-n1cncn1. The molecule has 2 aromatic heterocycles. The Labute approximate surface area is 122 Å². The van der Waals surface area contributed by atoms with Crippen molar-refractivity contribution in [2.75, 3.05) is 16.4 Å². The summed E-state index contributed by atoms with van der Waals surface area (Å²) in [6, 6.07) is 3.28. The standard InChI is InChI=1S/C11H14ClN5O2S/c12-5-1-2-7-20(18,19)16-10-4-3-6-14-11(10)17-9-13-8-15-17/h3-4,6,8-9,16H,1-2,5,7H2. The van der Waals surface area contributed by atoms with Crippen molar-refractivity contribution in [2.24, 2.45) is 0 Å². The number of hydrogen-bond acceptors (Lipinski definition) is 5. The van der Waals surface area contributed by atoms with E-state index in [2.05, 4.69) is 19.8 Å². The Morgan fingerprint density at radius 1 is 1.35 bits per heavy atom. The van der Waals surface area contributed by atoms with E-state index in [-0.39, 0.29) is 5.75 Å². The summed E-state index contributed by atoms with van der Waals surface area (Å²) in [6.45, 7) is 0. The summed E-state index contributed by atoms with van der Waals surface area (Å²) in [7, 11) is -3.43. The Kier molecular flexibility index (Phi) is 4.91. The van der Waals surface area contributed by atoms with Crippen LogP contribution in [0, 0.1) is 0 Å². The van der Waals surface area contributed by atoms with Crippen LogP contribution >= 0.6 is 11.6 Å². The van der Waals surface area contributed by atoms with Gasteiger partial charge in [-0.05, 0) is 25.0 Å². The van der Waals surface area contributed by atoms with Gasteiger partial charge in [-0.2, -0.15) is 5.10 Å². The van der Waals surface area contributed by atoms with Crippen LogP contribution in [0.25, 0.3) is 5.82 Å². The summed E-state index contributed by atoms with van der Waals surface area (Å²) in [4.78, 5) is 7.93. The molecule has 0 unspecified atom stereocenters. The Hall–Kier alpha value is -1.67. The number of halogens is 1. The molecule has 9 heteroatoms. The third-order valence-corrected chi connectivity index (χ3v) is 4.11. The van der Waals surface area contributed by atoms with E-state index in [1.165, 1.54) is 17.3 Å². The van der Waals surface area contributed by atoms with Crippen molar-refractivity contribution in [1.82, 2.24) is 19.7 Å². The van der Waals surface area contributed by atoms with E-state index >= 15 is 0 Å². The Morgan fingerprint density at radius 3 is 2.90 bits per heavy atom. The van der Waals surface area contributed by atoms with Gasteiger partial charge in [0.15, 0.2) is 5.82 Å². The average Bonchev–Trinajstić information content (AvgIpc) is 2.93. The minimum absolute atomic E-state index is 0.0193. The number of rotatable bonds is 7. The van der Waals surface area contributed by atoms with Gasteiger partial charge in [0.25, 0.3) is 0 Å². The number of alkyl halides is 1. The van der Waals surface area contributed by atoms with Gasteiger partial charge in [-0.15, -0.1) is 11.6 Å². The first-order valence-electron chi connectivity index (χ1n) is 5.99. The molecule has 2 rings (SSSR count). The van der Waals surface area contributed by atoms with E-state index in [4.69, 9.17) is 11.6 Å². The number of hydrogen-bond donors (Lipinski definition) is 1. The van der Waals surface area contributed by atoms with E-state index in [9.17, 15) is 8.42 Å². The zero-order chi connectivity index (χ0) is 14.4. The Bertz CT molecular complexity index is 645. The molecule has 0 spiro atoms. The zero-order valence-corrected chi connectivity index (χ0v) is 12.2. The summed E-state index contributed by atoms with van der Waals surface area (Å²) in [5.41, 5.74) is 0.365. The van der Waals surface area contributed by atoms with Gasteiger partial charge >= 0.3 is 0 Å². The van der Waals surface area contributed by atoms with Crippen molar-refractivity contribution in [3.63, 3.8) is 0 Å². The number of pyridine rings is 1. The van der Waals surface area contributed by atoms with Crippen molar-refractivity contribution < 1.29 is 8.42 Å². The first-order valence-corrected chi connectivity index (χ1v) is 8.17. The lowest BCUT2D eigenvalue weighted by molar-refractivity contribution is 0.598. The highest BCUT2D eigenvalue weighted by atomic mass is 35.5. The average molecular weight is 316 g/mol. The van der Waals surface area contributed by atoms with Crippen LogP contribution < -0.4 is 4.72 Å². The molecule has 0 radical (unpaired) electrons. The molecule has 0 aliphatic heterocycles. The minimum atomic E-state index is -3.43. The fourth-order valence-corrected chi connectivity index (χ4v) is 2.95. The molecule has 0 fully saturated rings. The second kappa shape index (κ2) is 6.67. The highest BCUT2D eigenvalue weighted by Gasteiger charge is 2.14. The number of unbranched alkanes of at least 4 members (excludes halogenated alkanes) is 1. The van der Waals surface area contributed by atoms with Crippen LogP contribution in [0.5, 0.6) is 0 Å². The van der Waals surface area contributed by atoms with E-state index in [1.54, 1.807) is 18.3 Å². The van der Waals surface area contributed by atoms with E-state index in [1.807, 2.05) is 0 Å². The molecule has 0 aliphatic carbocycles. The third kappa shape index (κ3) is 3.91. The molecular weight excluding hydrogens is 302 g/mol. The second-order valence-electron chi connectivity index (χ2n) is 4.03. The first-order chi connectivity index (χ1) is 9.62. The van der Waals surface area contributed by atoms with Gasteiger partial charge in [-0.1, -0.05) is 0 Å². The van der Waals surface area contributed by atoms with Gasteiger partial charge in [-0.25, -0.2) is 23.1 Å². The molecule has 0 amide bonds. The van der Waals surface area contributed by atoms with Gasteiger partial charge < -0.3 is 0 Å². The molecule has 0 saturated heterocycles. The van der Waals surface area contributed by atoms with Crippen LogP contribution in [-0.4, -0.2) is 39.8 Å². The maximum Gasteiger partial charge on any atom is 0.232 e. The van der Waals surface area contributed by atoms with Crippen molar-refractivity contribution in [3.05, 3.63) is 31.0 Å². The summed E-state index contributed by atoms with van der Waals surface area (Å²) in [5.74, 6) is 0.851. The zero-order valence-electron chi connectivity index (χ0n) is 10.6. The number of sulfonamides is 1. The van der Waals surface area contributed by atoms with E-state index in [0.717, 1.165) is 0 Å². The summed E-state index contributed by atoms with van der Waals surface area (Å²) in [6.07, 6.45) is 5.53. The number of nitrogens with zero attached hydrogens (tertiary/aromatic N) is 4. The summed E-state index contributed by atoms with van der Waals surface area (Å²) in [5, 5.41) is 3.94. The lowest BCUT2D eigenvalue weighted by Gasteiger charge is -2.10. The van der Waals surface area contributed by atoms with Crippen LogP contribution in [0.4, 0.5) is 5.69 Å². The van der Waals surface area contributed by atoms with Gasteiger partial charge in [-0.3, -0.25) is 4.72 Å². The van der Waals surface area contributed by atoms with Crippen molar-refractivity contribution in [2.45, 2.75) is 12.8 Å². The molecule has 1 N–H and O–H groups in total. The molecule has 0 aromatic carbocycles. The van der Waals surface area contributed by atoms with Crippen LogP contribution in [0.1, 0.15) is 12.8 Å². The van der Waals surface area contributed by atoms with Crippen LogP contribution in [0.2, 0.25) is 0 Å². The predicted octanol–water partition coefficient (Wildman–Crippen LogP) is 1.42. The van der Waals surface area contributed by atoms with Crippen LogP contribution in [0.3, 0.4) is 0 Å². The van der Waals surface area contributed by atoms with Crippen molar-refractivity contribution in [3.8, 4) is 5.82 Å². The third-order valence-electron chi connectivity index (χ3n) is 2.48. The van der Waals surface area contributed by atoms with E-state index < -0.39 is 10.0 Å². The molecule has 20 heavy (non-hydrogen) atoms. The van der Waals surface area contributed by atoms with Gasteiger partial charge in [0.05, 0.1) is 11.4 Å². The fourth-order valence-electron chi connectivity index (χ4n) is 1.58. The highest BCUT2D eigenvalue weighted by Crippen LogP contribution is 2.17. The normalized spacial score (nSPS) is 11.4. The van der Waals surface area contributed by atoms with E-state index in [0.29, 0.717) is 30.2 Å². The molecule has 0 saturated carbocycles. The largest absolute Gasteiger partial charge is 0.280 e. The fraction of sp³-hybridized carbons (Fsp3) is 0.364. The minimum Gasteiger partial charge on any atom is -0.280 e. The molecule has 0 atom stereocenters. The number of nitrogens with one attached hydrogen (secondary N) is 1. The molecule has 2 aromatic rings. The maximum absolute atomic E-state index is 12.0. The highest BCUT2D eigenvalue weighted by molar-refractivity contribution is 7.92. The van der Waals surface area contributed by atoms with Crippen molar-refractivity contribution >= 4 is 27.3 Å². The van der Waals surface area contributed by atoms with Gasteiger partial charge in [0, 0.05) is 12.1 Å². The lowest BCUT2D eigenvalue weighted by Crippen LogP contribution is -2.18. The molecule has 0 aliphatic rings. The Morgan fingerprint density at radius 2 is 2.20 bits per heavy atom. The smallest absolute Gasteiger partial charge is 0.232 e. The number of aromatic nitrogens is 4. The van der Waals surface area contributed by atoms with Crippen molar-refractivity contribution in [1.29, 1.82) is 0 Å². The Balaban J connectivity index is 2.18. The molecular formula is C11H14ClN5O2S. The second-order valence-corrected chi connectivity index (χ2v) is 6.25. The van der Waals surface area contributed by atoms with Gasteiger partial charge in [0.1, 0.15) is 12.7 Å². The first kappa shape index (κ1) is 14.7. The lowest BCUT2D eigenvalue weighted by atomic mass is 10.4. The molecule has 108 valence electrons. The number of anilines is 1.